The summed E-state index contributed by atoms with van der Waals surface area (Å²) in [5, 5.41) is 22.3. The molecule has 109 heavy (non-hydrogen) atoms. The quantitative estimate of drug-likeness (QED) is 0.0204. The fourth-order valence-corrected chi connectivity index (χ4v) is 13.6. The van der Waals surface area contributed by atoms with Gasteiger partial charge >= 0.3 is 12.1 Å². The van der Waals surface area contributed by atoms with Crippen LogP contribution in [0.2, 0.25) is 0 Å². The third-order valence-electron chi connectivity index (χ3n) is 19.8. The van der Waals surface area contributed by atoms with Crippen molar-refractivity contribution in [3.63, 3.8) is 0 Å². The number of pyridine rings is 2. The van der Waals surface area contributed by atoms with Gasteiger partial charge in [0.25, 0.3) is 5.56 Å². The number of benzene rings is 2. The molecule has 3 aromatic heterocycles. The molecule has 2 N–H and O–H groups in total. The molecule has 3 unspecified atom stereocenters. The SMILES string of the molecule is CC(=O)COCC(=O)CCCOCCOCCOCCOCCOCCOCCOCCOCCn1cc(CCC(=O)C2CCC(CN3C(=O)CC(C)C3=O)CC2)nn1.CCCCCC(CC)C(=O)Nc1ccc(COC(=O)OC2(CC)C(=O)OCc3c2cc2n(c3=O)Cc3c-2nc2ccc(O)cc2c3CC)cc1. The molecule has 9 rings (SSSR count). The number of ketones is 3. The molecule has 29 nitrogen and oxygen atoms in total. The molecule has 1 aliphatic carbocycles. The number of nitrogens with one attached hydrogen (secondary N) is 1. The number of unbranched alkanes of at least 4 members (excludes halogenated alkanes) is 2. The number of amides is 3. The molecule has 1 saturated carbocycles. The van der Waals surface area contributed by atoms with Crippen molar-refractivity contribution in [2.45, 2.75) is 176 Å². The average Bonchev–Trinajstić information content (AvgIpc) is 1.62. The van der Waals surface area contributed by atoms with Gasteiger partial charge in [-0.25, -0.2) is 19.3 Å². The summed E-state index contributed by atoms with van der Waals surface area (Å²) in [6.07, 6.45) is 11.9. The van der Waals surface area contributed by atoms with E-state index in [4.69, 9.17) is 61.8 Å². The first-order valence-corrected chi connectivity index (χ1v) is 38.7. The number of Topliss-reactive ketones (excluding diaryl/α,β-unsaturated/α-hetero) is 3. The van der Waals surface area contributed by atoms with Crippen molar-refractivity contribution in [3.8, 4) is 17.1 Å². The first kappa shape index (κ1) is 86.3. The Hall–Kier alpha value is -8.26. The Balaban J connectivity index is 0.000000277. The summed E-state index contributed by atoms with van der Waals surface area (Å²) in [5.41, 5.74) is 3.92. The number of carbonyl (C=O) groups excluding carboxylic acids is 8. The Labute approximate surface area is 637 Å². The van der Waals surface area contributed by atoms with Crippen molar-refractivity contribution >= 4 is 63.8 Å². The number of anilines is 1. The predicted molar refractivity (Wildman–Crippen MR) is 399 cm³/mol. The Morgan fingerprint density at radius 1 is 0.716 bits per heavy atom. The maximum Gasteiger partial charge on any atom is 0.510 e. The first-order valence-electron chi connectivity index (χ1n) is 38.7. The Bertz CT molecular complexity index is 3830. The zero-order chi connectivity index (χ0) is 77.9. The lowest BCUT2D eigenvalue weighted by molar-refractivity contribution is -0.175. The van der Waals surface area contributed by atoms with Crippen LogP contribution in [-0.4, -0.2) is 207 Å². The maximum atomic E-state index is 13.9. The Morgan fingerprint density at radius 2 is 1.35 bits per heavy atom. The fraction of sp³-hybridized carbons (Fsp3) is 0.625. The Kier molecular flexibility index (Phi) is 36.3. The summed E-state index contributed by atoms with van der Waals surface area (Å²) >= 11 is 0. The predicted octanol–water partition coefficient (Wildman–Crippen LogP) is 9.32. The molecule has 2 fully saturated rings. The van der Waals surface area contributed by atoms with Gasteiger partial charge in [-0.3, -0.25) is 38.5 Å². The van der Waals surface area contributed by atoms with E-state index in [1.807, 2.05) is 20.0 Å². The largest absolute Gasteiger partial charge is 0.510 e. The molecule has 2 aromatic carbocycles. The molecule has 598 valence electrons. The first-order chi connectivity index (χ1) is 52.9. The molecular formula is C80H111N7O22. The van der Waals surface area contributed by atoms with Gasteiger partial charge in [-0.2, -0.15) is 0 Å². The number of aryl methyl sites for hydroxylation is 2. The number of phenolic OH excluding ortho intramolecular Hbond substituents is 1. The summed E-state index contributed by atoms with van der Waals surface area (Å²) in [7, 11) is 0. The number of likely N-dealkylation sites (tertiary alicyclic amines) is 1. The van der Waals surface area contributed by atoms with Crippen LogP contribution in [-0.2, 0) is 135 Å². The topological polar surface area (TPSA) is 348 Å². The minimum absolute atomic E-state index is 0.0000862. The van der Waals surface area contributed by atoms with Crippen molar-refractivity contribution < 1.29 is 100 Å². The van der Waals surface area contributed by atoms with Gasteiger partial charge in [-0.15, -0.1) is 5.10 Å². The second-order valence-corrected chi connectivity index (χ2v) is 27.8. The number of cyclic esters (lactones) is 1. The Morgan fingerprint density at radius 3 is 1.94 bits per heavy atom. The minimum atomic E-state index is -1.90. The number of hydrogen-bond donors (Lipinski definition) is 2. The summed E-state index contributed by atoms with van der Waals surface area (Å²) in [6, 6.07) is 13.7. The number of carbonyl (C=O) groups is 8. The van der Waals surface area contributed by atoms with Gasteiger partial charge in [0.05, 0.1) is 140 Å². The molecule has 0 spiro atoms. The molecule has 1 saturated heterocycles. The zero-order valence-electron chi connectivity index (χ0n) is 64.3. The molecule has 3 aliphatic heterocycles. The highest BCUT2D eigenvalue weighted by Gasteiger charge is 2.51. The molecule has 0 bridgehead atoms. The summed E-state index contributed by atoms with van der Waals surface area (Å²) in [5.74, 6) is -0.638. The van der Waals surface area contributed by atoms with Crippen molar-refractivity contribution in [2.75, 3.05) is 131 Å². The van der Waals surface area contributed by atoms with Gasteiger partial charge < -0.3 is 71.8 Å². The normalized spacial score (nSPS) is 17.5. The molecule has 3 atom stereocenters. The van der Waals surface area contributed by atoms with Crippen LogP contribution in [0.3, 0.4) is 0 Å². The highest BCUT2D eigenvalue weighted by Crippen LogP contribution is 2.43. The second-order valence-electron chi connectivity index (χ2n) is 27.8. The molecule has 3 amide bonds. The van der Waals surface area contributed by atoms with Crippen LogP contribution in [0, 0.1) is 23.7 Å². The average molecular weight is 1520 g/mol. The number of fused-ring (bicyclic) bond motifs is 5. The highest BCUT2D eigenvalue weighted by atomic mass is 16.7. The lowest BCUT2D eigenvalue weighted by atomic mass is 9.79. The number of nitrogens with zero attached hydrogens (tertiary/aromatic N) is 6. The number of aromatic nitrogens is 5. The van der Waals surface area contributed by atoms with E-state index < -0.39 is 17.7 Å². The van der Waals surface area contributed by atoms with Crippen molar-refractivity contribution in [3.05, 3.63) is 98.6 Å². The lowest BCUT2D eigenvalue weighted by Gasteiger charge is -2.35. The van der Waals surface area contributed by atoms with Crippen LogP contribution < -0.4 is 10.9 Å². The fourth-order valence-electron chi connectivity index (χ4n) is 13.6. The van der Waals surface area contributed by atoms with Gasteiger partial charge in [-0.05, 0) is 118 Å². The maximum absolute atomic E-state index is 13.9. The highest BCUT2D eigenvalue weighted by molar-refractivity contribution is 6.03. The van der Waals surface area contributed by atoms with E-state index in [9.17, 15) is 48.3 Å². The van der Waals surface area contributed by atoms with Crippen molar-refractivity contribution in [1.82, 2.24) is 29.4 Å². The third kappa shape index (κ3) is 26.5. The lowest BCUT2D eigenvalue weighted by Crippen LogP contribution is -2.47. The standard InChI is InChI=1S/C41H68N4O14.C39H43N3O8/c1-33-28-40(49)45(41(33)50)29-35-5-7-36(8-6-35)39(48)10-9-37-30-44(43-42-37)11-13-52-15-17-54-19-21-56-23-25-58-27-26-57-24-22-55-20-18-53-16-14-51-12-3-4-38(47)32-59-31-34(2)46;1-5-9-10-11-24(6-2)35(44)40-25-14-12-23(13-15-25)21-49-38(47)50-39(8-4)31-19-33-34-29(20-42(33)36(45)30(31)22-48-37(39)46)27(7-3)28-18-26(43)16-17-32(28)41-34/h30,33,35-36H,3-29,31-32H2,1-2H3;12-19,24,43H,5-11,20-22H2,1-4H3,(H,40,44). The molecule has 4 aliphatic rings. The van der Waals surface area contributed by atoms with Crippen LogP contribution in [0.25, 0.3) is 22.3 Å². The molecule has 5 aromatic rings. The van der Waals surface area contributed by atoms with Crippen LogP contribution in [0.5, 0.6) is 5.75 Å². The van der Waals surface area contributed by atoms with E-state index in [1.165, 1.54) is 11.8 Å². The number of rotatable bonds is 50. The van der Waals surface area contributed by atoms with Crippen molar-refractivity contribution in [2.24, 2.45) is 23.7 Å². The van der Waals surface area contributed by atoms with Crippen molar-refractivity contribution in [1.29, 1.82) is 0 Å². The third-order valence-corrected chi connectivity index (χ3v) is 19.8. The van der Waals surface area contributed by atoms with E-state index >= 15 is 0 Å². The minimum Gasteiger partial charge on any atom is -0.508 e. The van der Waals surface area contributed by atoms with E-state index in [0.717, 1.165) is 80.0 Å². The summed E-state index contributed by atoms with van der Waals surface area (Å²) in [6.45, 7) is 19.3. The number of imide groups is 1. The molecule has 29 heteroatoms. The number of hydrogen-bond acceptors (Lipinski definition) is 25. The van der Waals surface area contributed by atoms with Gasteiger partial charge in [-0.1, -0.05) is 71.2 Å². The molecule has 0 radical (unpaired) electrons. The number of ether oxygens (including phenoxy) is 12. The molecular weight excluding hydrogens is 1410 g/mol. The van der Waals surface area contributed by atoms with Gasteiger partial charge in [0.15, 0.2) is 11.6 Å². The second kappa shape index (κ2) is 45.8. The number of aromatic hydroxyl groups is 1. The van der Waals surface area contributed by atoms with Gasteiger partial charge in [0.1, 0.15) is 38.0 Å². The molecule has 6 heterocycles. The zero-order valence-corrected chi connectivity index (χ0v) is 64.3. The van der Waals surface area contributed by atoms with Crippen LogP contribution >= 0.6 is 0 Å². The number of phenols is 1. The smallest absolute Gasteiger partial charge is 0.508 e. The van der Waals surface area contributed by atoms with Gasteiger partial charge in [0, 0.05) is 85.0 Å². The van der Waals surface area contributed by atoms with Crippen LogP contribution in [0.15, 0.2) is 59.5 Å². The monoisotopic (exact) mass is 1520 g/mol. The van der Waals surface area contributed by atoms with Gasteiger partial charge in [0.2, 0.25) is 23.3 Å². The van der Waals surface area contributed by atoms with Crippen LogP contribution in [0.1, 0.15) is 165 Å². The van der Waals surface area contributed by atoms with E-state index in [1.54, 1.807) is 71.6 Å². The van der Waals surface area contributed by atoms with E-state index in [2.05, 4.69) is 22.6 Å². The number of esters is 1. The summed E-state index contributed by atoms with van der Waals surface area (Å²) in [4.78, 5) is 119. The van der Waals surface area contributed by atoms with E-state index in [-0.39, 0.29) is 121 Å². The summed E-state index contributed by atoms with van der Waals surface area (Å²) < 4.78 is 69.0. The van der Waals surface area contributed by atoms with Crippen LogP contribution in [0.4, 0.5) is 10.5 Å². The van der Waals surface area contributed by atoms with E-state index in [0.29, 0.717) is 185 Å².